The van der Waals surface area contributed by atoms with Gasteiger partial charge in [-0.3, -0.25) is 0 Å². The van der Waals surface area contributed by atoms with E-state index in [-0.39, 0.29) is 5.75 Å². The molecule has 4 nitrogen and oxygen atoms in total. The Morgan fingerprint density at radius 3 is 2.52 bits per heavy atom. The summed E-state index contributed by atoms with van der Waals surface area (Å²) < 4.78 is 0. The van der Waals surface area contributed by atoms with Crippen molar-refractivity contribution in [3.8, 4) is 16.5 Å². The minimum absolute atomic E-state index is 0.188. The van der Waals surface area contributed by atoms with Crippen molar-refractivity contribution >= 4 is 33.7 Å². The van der Waals surface area contributed by atoms with E-state index in [4.69, 9.17) is 0 Å². The van der Waals surface area contributed by atoms with Gasteiger partial charge >= 0.3 is 0 Å². The number of aromatic hydroxyl groups is 1. The largest absolute Gasteiger partial charge is 0.506 e. The number of hydrogen-bond acceptors (Lipinski definition) is 5. The van der Waals surface area contributed by atoms with Crippen LogP contribution in [0, 0.1) is 0 Å². The van der Waals surface area contributed by atoms with Gasteiger partial charge in [-0.2, -0.15) is 0 Å². The van der Waals surface area contributed by atoms with Crippen molar-refractivity contribution in [2.24, 2.45) is 0 Å². The fourth-order valence-corrected chi connectivity index (χ4v) is 3.05. The Kier molecular flexibility index (Phi) is 3.40. The molecule has 0 saturated heterocycles. The van der Waals surface area contributed by atoms with E-state index >= 15 is 0 Å². The van der Waals surface area contributed by atoms with Gasteiger partial charge in [0.25, 0.3) is 0 Å². The van der Waals surface area contributed by atoms with Gasteiger partial charge < -0.3 is 10.4 Å². The minimum Gasteiger partial charge on any atom is -0.506 e. The number of para-hydroxylation sites is 3. The van der Waals surface area contributed by atoms with Crippen molar-refractivity contribution in [3.05, 3.63) is 66.0 Å². The predicted molar refractivity (Wildman–Crippen MR) is 94.2 cm³/mol. The predicted octanol–water partition coefficient (Wildman–Crippen LogP) is 4.81. The summed E-state index contributed by atoms with van der Waals surface area (Å²) in [5.41, 5.74) is 1.48. The van der Waals surface area contributed by atoms with Gasteiger partial charge in [-0.1, -0.05) is 30.3 Å². The molecular weight excluding hydrogens is 306 g/mol. The molecule has 0 saturated carbocycles. The number of phenols is 1. The number of aromatic nitrogens is 2. The van der Waals surface area contributed by atoms with Crippen LogP contribution in [-0.2, 0) is 0 Å². The number of fused-ring (bicyclic) bond motifs is 1. The van der Waals surface area contributed by atoms with Crippen LogP contribution in [0.5, 0.6) is 5.75 Å². The molecule has 5 heteroatoms. The third kappa shape index (κ3) is 2.62. The van der Waals surface area contributed by atoms with Crippen molar-refractivity contribution < 1.29 is 5.11 Å². The van der Waals surface area contributed by atoms with Crippen LogP contribution < -0.4 is 5.32 Å². The van der Waals surface area contributed by atoms with Crippen LogP contribution in [-0.4, -0.2) is 15.1 Å². The molecule has 2 aromatic carbocycles. The number of nitrogens with zero attached hydrogens (tertiary/aromatic N) is 2. The Bertz CT molecular complexity index is 967. The second-order valence-corrected chi connectivity index (χ2v) is 5.98. The lowest BCUT2D eigenvalue weighted by Crippen LogP contribution is -1.98. The van der Waals surface area contributed by atoms with E-state index in [0.29, 0.717) is 17.3 Å². The smallest absolute Gasteiger partial charge is 0.172 e. The summed E-state index contributed by atoms with van der Waals surface area (Å²) in [4.78, 5) is 10.3. The zero-order chi connectivity index (χ0) is 15.6. The molecule has 0 atom stereocenters. The van der Waals surface area contributed by atoms with Crippen molar-refractivity contribution in [3.63, 3.8) is 0 Å². The number of nitrogens with one attached hydrogen (secondary N) is 1. The van der Waals surface area contributed by atoms with E-state index in [1.165, 1.54) is 0 Å². The average Bonchev–Trinajstić information content (AvgIpc) is 3.11. The molecule has 0 amide bonds. The molecule has 0 bridgehead atoms. The van der Waals surface area contributed by atoms with E-state index in [1.54, 1.807) is 23.5 Å². The molecule has 0 aliphatic carbocycles. The number of hydrogen-bond donors (Lipinski definition) is 2. The molecule has 0 radical (unpaired) electrons. The maximum absolute atomic E-state index is 9.99. The molecule has 2 N–H and O–H groups in total. The topological polar surface area (TPSA) is 58.0 Å². The van der Waals surface area contributed by atoms with Gasteiger partial charge in [0.15, 0.2) is 5.82 Å². The van der Waals surface area contributed by atoms with Gasteiger partial charge in [-0.15, -0.1) is 11.3 Å². The first-order valence-corrected chi connectivity index (χ1v) is 8.05. The third-order valence-electron chi connectivity index (χ3n) is 3.50. The zero-order valence-electron chi connectivity index (χ0n) is 12.1. The van der Waals surface area contributed by atoms with Crippen LogP contribution in [0.25, 0.3) is 21.6 Å². The van der Waals surface area contributed by atoms with Crippen molar-refractivity contribution in [1.82, 2.24) is 9.97 Å². The molecule has 112 valence electrons. The lowest BCUT2D eigenvalue weighted by Gasteiger charge is -2.11. The monoisotopic (exact) mass is 319 g/mol. The van der Waals surface area contributed by atoms with E-state index in [9.17, 15) is 5.11 Å². The number of phenolic OH excluding ortho intramolecular Hbond substituents is 1. The maximum Gasteiger partial charge on any atom is 0.172 e. The summed E-state index contributed by atoms with van der Waals surface area (Å²) in [6.45, 7) is 0. The van der Waals surface area contributed by atoms with E-state index < -0.39 is 0 Å². The quantitative estimate of drug-likeness (QED) is 0.532. The highest BCUT2D eigenvalue weighted by molar-refractivity contribution is 7.13. The first-order valence-electron chi connectivity index (χ1n) is 7.17. The van der Waals surface area contributed by atoms with E-state index in [2.05, 4.69) is 15.3 Å². The molecule has 0 aliphatic rings. The molecule has 0 unspecified atom stereocenters. The minimum atomic E-state index is 0.188. The van der Waals surface area contributed by atoms with Crippen LogP contribution in [0.1, 0.15) is 0 Å². The average molecular weight is 319 g/mol. The molecule has 4 aromatic rings. The Balaban J connectivity index is 1.89. The summed E-state index contributed by atoms with van der Waals surface area (Å²) in [6, 6.07) is 18.9. The van der Waals surface area contributed by atoms with Gasteiger partial charge in [-0.05, 0) is 35.7 Å². The zero-order valence-corrected chi connectivity index (χ0v) is 12.9. The highest BCUT2D eigenvalue weighted by atomic mass is 32.1. The van der Waals surface area contributed by atoms with Crippen LogP contribution in [0.4, 0.5) is 11.5 Å². The SMILES string of the molecule is Oc1ccccc1Nc1nc(-c2cccs2)nc2ccccc12. The van der Waals surface area contributed by atoms with Crippen LogP contribution in [0.2, 0.25) is 0 Å². The standard InChI is InChI=1S/C18H13N3OS/c22-15-9-4-3-8-14(15)20-17-12-6-1-2-7-13(12)19-18(21-17)16-10-5-11-23-16/h1-11,22H,(H,19,20,21). The molecule has 0 aliphatic heterocycles. The Labute approximate surface area is 137 Å². The molecule has 0 spiro atoms. The Morgan fingerprint density at radius 2 is 1.70 bits per heavy atom. The normalized spacial score (nSPS) is 10.8. The summed E-state index contributed by atoms with van der Waals surface area (Å²) >= 11 is 1.60. The van der Waals surface area contributed by atoms with Gasteiger partial charge in [0, 0.05) is 5.39 Å². The molecule has 2 aromatic heterocycles. The highest BCUT2D eigenvalue weighted by Crippen LogP contribution is 2.31. The fraction of sp³-hybridized carbons (Fsp3) is 0. The first kappa shape index (κ1) is 13.7. The van der Waals surface area contributed by atoms with Gasteiger partial charge in [-0.25, -0.2) is 9.97 Å². The Morgan fingerprint density at radius 1 is 0.870 bits per heavy atom. The molecule has 2 heterocycles. The van der Waals surface area contributed by atoms with E-state index in [0.717, 1.165) is 15.8 Å². The van der Waals surface area contributed by atoms with E-state index in [1.807, 2.05) is 53.9 Å². The highest BCUT2D eigenvalue weighted by Gasteiger charge is 2.11. The van der Waals surface area contributed by atoms with Crippen LogP contribution in [0.15, 0.2) is 66.0 Å². The van der Waals surface area contributed by atoms with Gasteiger partial charge in [0.1, 0.15) is 11.6 Å². The summed E-state index contributed by atoms with van der Waals surface area (Å²) in [5, 5.41) is 16.1. The molecule has 4 rings (SSSR count). The second-order valence-electron chi connectivity index (χ2n) is 5.03. The maximum atomic E-state index is 9.99. The number of thiophene rings is 1. The van der Waals surface area contributed by atoms with Crippen LogP contribution in [0.3, 0.4) is 0 Å². The lowest BCUT2D eigenvalue weighted by atomic mass is 10.2. The van der Waals surface area contributed by atoms with Crippen molar-refractivity contribution in [2.75, 3.05) is 5.32 Å². The van der Waals surface area contributed by atoms with Gasteiger partial charge in [0.2, 0.25) is 0 Å². The molecule has 23 heavy (non-hydrogen) atoms. The van der Waals surface area contributed by atoms with Gasteiger partial charge in [0.05, 0.1) is 16.1 Å². The lowest BCUT2D eigenvalue weighted by molar-refractivity contribution is 0.478. The number of benzene rings is 2. The first-order chi connectivity index (χ1) is 11.3. The molecular formula is C18H13N3OS. The third-order valence-corrected chi connectivity index (χ3v) is 4.37. The second kappa shape index (κ2) is 5.70. The summed E-state index contributed by atoms with van der Waals surface area (Å²) in [7, 11) is 0. The number of anilines is 2. The summed E-state index contributed by atoms with van der Waals surface area (Å²) in [6.07, 6.45) is 0. The molecule has 0 fully saturated rings. The number of rotatable bonds is 3. The van der Waals surface area contributed by atoms with Crippen LogP contribution >= 0.6 is 11.3 Å². The van der Waals surface area contributed by atoms with Crippen molar-refractivity contribution in [1.29, 1.82) is 0 Å². The summed E-state index contributed by atoms with van der Waals surface area (Å²) in [5.74, 6) is 1.55. The Hall–Kier alpha value is -2.92. The van der Waals surface area contributed by atoms with Crippen molar-refractivity contribution in [2.45, 2.75) is 0 Å². The fourth-order valence-electron chi connectivity index (χ4n) is 2.39.